The third-order valence-electron chi connectivity index (χ3n) is 2.98. The van der Waals surface area contributed by atoms with Crippen LogP contribution in [-0.2, 0) is 13.0 Å². The van der Waals surface area contributed by atoms with Crippen molar-refractivity contribution >= 4 is 11.6 Å². The third-order valence-corrected chi connectivity index (χ3v) is 3.29. The van der Waals surface area contributed by atoms with Crippen molar-refractivity contribution in [3.63, 3.8) is 0 Å². The number of aromatic nitrogens is 3. The van der Waals surface area contributed by atoms with Crippen LogP contribution in [0.25, 0.3) is 0 Å². The molecule has 0 fully saturated rings. The lowest BCUT2D eigenvalue weighted by molar-refractivity contribution is 0.590. The number of halogens is 1. The molecule has 0 radical (unpaired) electrons. The second kappa shape index (κ2) is 5.98. The fourth-order valence-electron chi connectivity index (χ4n) is 1.96. The maximum atomic E-state index is 6.17. The van der Waals surface area contributed by atoms with Crippen molar-refractivity contribution in [3.8, 4) is 0 Å². The fraction of sp³-hybridized carbons (Fsp3) is 0.385. The molecule has 0 aliphatic heterocycles. The van der Waals surface area contributed by atoms with Gasteiger partial charge < -0.3 is 5.32 Å². The summed E-state index contributed by atoms with van der Waals surface area (Å²) in [7, 11) is 1.94. The molecule has 1 N–H and O–H groups in total. The first-order chi connectivity index (χ1) is 8.74. The number of hydrogen-bond acceptors (Lipinski definition) is 3. The van der Waals surface area contributed by atoms with Crippen LogP contribution in [0.15, 0.2) is 30.9 Å². The number of likely N-dealkylation sites (N-methyl/N-ethyl adjacent to an activating group) is 1. The van der Waals surface area contributed by atoms with E-state index in [0.717, 1.165) is 18.5 Å². The van der Waals surface area contributed by atoms with Crippen molar-refractivity contribution in [1.29, 1.82) is 0 Å². The summed E-state index contributed by atoms with van der Waals surface area (Å²) in [5.74, 6) is 0. The van der Waals surface area contributed by atoms with Crippen molar-refractivity contribution in [1.82, 2.24) is 20.1 Å². The molecule has 2 aromatic heterocycles. The molecule has 0 amide bonds. The summed E-state index contributed by atoms with van der Waals surface area (Å²) < 4.78 is 1.93. The van der Waals surface area contributed by atoms with E-state index in [-0.39, 0.29) is 6.04 Å². The van der Waals surface area contributed by atoms with Crippen LogP contribution in [0.3, 0.4) is 0 Å². The fourth-order valence-corrected chi connectivity index (χ4v) is 2.21. The lowest BCUT2D eigenvalue weighted by Crippen LogP contribution is -2.19. The Labute approximate surface area is 112 Å². The molecule has 18 heavy (non-hydrogen) atoms. The van der Waals surface area contributed by atoms with Crippen molar-refractivity contribution in [2.24, 2.45) is 0 Å². The van der Waals surface area contributed by atoms with Gasteiger partial charge in [-0.15, -0.1) is 0 Å². The largest absolute Gasteiger partial charge is 0.313 e. The van der Waals surface area contributed by atoms with Gasteiger partial charge in [0.25, 0.3) is 0 Å². The molecule has 5 heteroatoms. The zero-order chi connectivity index (χ0) is 13.0. The highest BCUT2D eigenvalue weighted by Gasteiger charge is 2.14. The minimum Gasteiger partial charge on any atom is -0.313 e. The highest BCUT2D eigenvalue weighted by Crippen LogP contribution is 2.24. The maximum absolute atomic E-state index is 6.17. The molecule has 96 valence electrons. The summed E-state index contributed by atoms with van der Waals surface area (Å²) in [6.07, 6.45) is 8.28. The van der Waals surface area contributed by atoms with Crippen molar-refractivity contribution in [2.45, 2.75) is 25.9 Å². The Morgan fingerprint density at radius 2 is 2.28 bits per heavy atom. The molecule has 0 saturated heterocycles. The van der Waals surface area contributed by atoms with E-state index in [1.807, 2.05) is 24.0 Å². The van der Waals surface area contributed by atoms with Crippen molar-refractivity contribution in [2.75, 3.05) is 7.05 Å². The van der Waals surface area contributed by atoms with Crippen LogP contribution >= 0.6 is 11.6 Å². The molecule has 0 aliphatic carbocycles. The zero-order valence-corrected chi connectivity index (χ0v) is 11.4. The quantitative estimate of drug-likeness (QED) is 0.902. The molecule has 0 aromatic carbocycles. The van der Waals surface area contributed by atoms with Gasteiger partial charge in [0.05, 0.1) is 11.2 Å². The molecule has 2 aromatic rings. The summed E-state index contributed by atoms with van der Waals surface area (Å²) in [5, 5.41) is 8.26. The minimum atomic E-state index is 0.176. The van der Waals surface area contributed by atoms with Gasteiger partial charge in [-0.3, -0.25) is 9.67 Å². The second-order valence-electron chi connectivity index (χ2n) is 4.15. The van der Waals surface area contributed by atoms with Gasteiger partial charge >= 0.3 is 0 Å². The molecule has 2 heterocycles. The Morgan fingerprint density at radius 1 is 1.44 bits per heavy atom. The van der Waals surface area contributed by atoms with E-state index in [1.165, 1.54) is 5.56 Å². The van der Waals surface area contributed by atoms with E-state index in [0.29, 0.717) is 5.02 Å². The Morgan fingerprint density at radius 3 is 2.89 bits per heavy atom. The average molecular weight is 265 g/mol. The first kappa shape index (κ1) is 13.1. The van der Waals surface area contributed by atoms with E-state index in [9.17, 15) is 0 Å². The number of hydrogen-bond donors (Lipinski definition) is 1. The normalized spacial score (nSPS) is 12.6. The lowest BCUT2D eigenvalue weighted by Gasteiger charge is -2.16. The molecule has 0 bridgehead atoms. The predicted molar refractivity (Wildman–Crippen MR) is 72.7 cm³/mol. The predicted octanol–water partition coefficient (Wildman–Crippen LogP) is 2.45. The average Bonchev–Trinajstić information content (AvgIpc) is 2.85. The summed E-state index contributed by atoms with van der Waals surface area (Å²) in [4.78, 5) is 4.01. The number of nitrogens with zero attached hydrogens (tertiary/aromatic N) is 3. The van der Waals surface area contributed by atoms with Gasteiger partial charge in [0, 0.05) is 31.2 Å². The van der Waals surface area contributed by atoms with E-state index >= 15 is 0 Å². The zero-order valence-electron chi connectivity index (χ0n) is 10.6. The second-order valence-corrected chi connectivity index (χ2v) is 4.55. The topological polar surface area (TPSA) is 42.7 Å². The highest BCUT2D eigenvalue weighted by molar-refractivity contribution is 6.31. The molecule has 0 saturated carbocycles. The van der Waals surface area contributed by atoms with Crippen LogP contribution in [0.4, 0.5) is 0 Å². The summed E-state index contributed by atoms with van der Waals surface area (Å²) >= 11 is 6.17. The first-order valence-corrected chi connectivity index (χ1v) is 6.40. The van der Waals surface area contributed by atoms with Crippen LogP contribution in [0.5, 0.6) is 0 Å². The SMILES string of the molecule is CCn1cc(CC(NC)c2ccncc2Cl)cn1. The molecular weight excluding hydrogens is 248 g/mol. The summed E-state index contributed by atoms with van der Waals surface area (Å²) in [6.45, 7) is 2.96. The molecule has 1 unspecified atom stereocenters. The van der Waals surface area contributed by atoms with Gasteiger partial charge in [-0.2, -0.15) is 5.10 Å². The number of pyridine rings is 1. The molecule has 0 spiro atoms. The molecule has 1 atom stereocenters. The van der Waals surface area contributed by atoms with Gasteiger partial charge in [0.2, 0.25) is 0 Å². The molecular formula is C13H17ClN4. The molecule has 4 nitrogen and oxygen atoms in total. The van der Waals surface area contributed by atoms with E-state index in [4.69, 9.17) is 11.6 Å². The summed E-state index contributed by atoms with van der Waals surface area (Å²) in [5.41, 5.74) is 2.27. The van der Waals surface area contributed by atoms with E-state index in [1.54, 1.807) is 12.4 Å². The van der Waals surface area contributed by atoms with Gasteiger partial charge in [-0.1, -0.05) is 11.6 Å². The van der Waals surface area contributed by atoms with Gasteiger partial charge in [0.1, 0.15) is 0 Å². The standard InChI is InChI=1S/C13H17ClN4/c1-3-18-9-10(7-17-18)6-13(15-2)11-4-5-16-8-12(11)14/h4-5,7-9,13,15H,3,6H2,1-2H3. The van der Waals surface area contributed by atoms with Crippen LogP contribution < -0.4 is 5.32 Å². The number of rotatable bonds is 5. The van der Waals surface area contributed by atoms with Crippen molar-refractivity contribution in [3.05, 3.63) is 47.0 Å². The van der Waals surface area contributed by atoms with E-state index in [2.05, 4.69) is 28.5 Å². The monoisotopic (exact) mass is 264 g/mol. The van der Waals surface area contributed by atoms with Crippen LogP contribution in [-0.4, -0.2) is 21.8 Å². The van der Waals surface area contributed by atoms with Crippen molar-refractivity contribution < 1.29 is 0 Å². The van der Waals surface area contributed by atoms with E-state index < -0.39 is 0 Å². The number of nitrogens with one attached hydrogen (secondary N) is 1. The number of aryl methyl sites for hydroxylation is 1. The smallest absolute Gasteiger partial charge is 0.0637 e. The first-order valence-electron chi connectivity index (χ1n) is 6.02. The Bertz CT molecular complexity index is 509. The van der Waals surface area contributed by atoms with Gasteiger partial charge in [-0.05, 0) is 37.6 Å². The van der Waals surface area contributed by atoms with Gasteiger partial charge in [0.15, 0.2) is 0 Å². The van der Waals surface area contributed by atoms with Gasteiger partial charge in [-0.25, -0.2) is 0 Å². The van der Waals surface area contributed by atoms with Crippen LogP contribution in [0, 0.1) is 0 Å². The lowest BCUT2D eigenvalue weighted by atomic mass is 10.0. The molecule has 0 aliphatic rings. The Kier molecular flexibility index (Phi) is 4.33. The highest BCUT2D eigenvalue weighted by atomic mass is 35.5. The third kappa shape index (κ3) is 2.89. The summed E-state index contributed by atoms with van der Waals surface area (Å²) in [6, 6.07) is 2.13. The maximum Gasteiger partial charge on any atom is 0.0637 e. The van der Waals surface area contributed by atoms with Crippen LogP contribution in [0.2, 0.25) is 5.02 Å². The minimum absolute atomic E-state index is 0.176. The molecule has 2 rings (SSSR count). The Balaban J connectivity index is 2.17. The van der Waals surface area contributed by atoms with Crippen LogP contribution in [0.1, 0.15) is 24.1 Å². The Hall–Kier alpha value is -1.39.